The molecule has 1 aliphatic rings. The number of carbonyl (C=O) groups excluding carboxylic acids is 1. The summed E-state index contributed by atoms with van der Waals surface area (Å²) in [5.41, 5.74) is 1.25. The summed E-state index contributed by atoms with van der Waals surface area (Å²) in [6.45, 7) is 6.41. The fraction of sp³-hybridized carbons (Fsp3) is 0.615. The number of hydrogen-bond acceptors (Lipinski definition) is 2. The van der Waals surface area contributed by atoms with Gasteiger partial charge in [-0.25, -0.2) is 0 Å². The summed E-state index contributed by atoms with van der Waals surface area (Å²) in [5, 5.41) is 1.97. The third-order valence-corrected chi connectivity index (χ3v) is 5.23. The second kappa shape index (κ2) is 5.26. The molecule has 0 N–H and O–H groups in total. The lowest BCUT2D eigenvalue weighted by molar-refractivity contribution is 0.0758. The fourth-order valence-electron chi connectivity index (χ4n) is 2.23. The van der Waals surface area contributed by atoms with E-state index in [0.29, 0.717) is 5.41 Å². The van der Waals surface area contributed by atoms with Crippen molar-refractivity contribution in [1.82, 2.24) is 4.90 Å². The van der Waals surface area contributed by atoms with Crippen molar-refractivity contribution in [2.75, 3.05) is 13.1 Å². The SMILES string of the molecule is CC1(C)CCCN(C(=O)c2csc(I)c2)CC1. The van der Waals surface area contributed by atoms with Crippen LogP contribution in [0, 0.1) is 8.30 Å². The summed E-state index contributed by atoms with van der Waals surface area (Å²) >= 11 is 3.91. The van der Waals surface area contributed by atoms with Gasteiger partial charge in [0.05, 0.1) is 8.45 Å². The van der Waals surface area contributed by atoms with Crippen molar-refractivity contribution in [1.29, 1.82) is 0 Å². The van der Waals surface area contributed by atoms with Gasteiger partial charge in [-0.1, -0.05) is 13.8 Å². The minimum absolute atomic E-state index is 0.210. The Labute approximate surface area is 121 Å². The topological polar surface area (TPSA) is 20.3 Å². The van der Waals surface area contributed by atoms with Crippen LogP contribution < -0.4 is 0 Å². The van der Waals surface area contributed by atoms with Crippen LogP contribution in [0.2, 0.25) is 0 Å². The van der Waals surface area contributed by atoms with Crippen LogP contribution in [-0.4, -0.2) is 23.9 Å². The van der Waals surface area contributed by atoms with Crippen molar-refractivity contribution in [3.63, 3.8) is 0 Å². The summed E-state index contributed by atoms with van der Waals surface area (Å²) in [4.78, 5) is 14.3. The number of rotatable bonds is 1. The Morgan fingerprint density at radius 2 is 2.18 bits per heavy atom. The zero-order chi connectivity index (χ0) is 12.5. The molecule has 0 unspecified atom stereocenters. The van der Waals surface area contributed by atoms with Gasteiger partial charge < -0.3 is 4.90 Å². The first kappa shape index (κ1) is 13.3. The van der Waals surface area contributed by atoms with Crippen LogP contribution in [0.4, 0.5) is 0 Å². The number of amides is 1. The van der Waals surface area contributed by atoms with Crippen molar-refractivity contribution in [2.24, 2.45) is 5.41 Å². The van der Waals surface area contributed by atoms with Gasteiger partial charge in [0.15, 0.2) is 0 Å². The summed E-state index contributed by atoms with van der Waals surface area (Å²) < 4.78 is 1.18. The van der Waals surface area contributed by atoms with Crippen molar-refractivity contribution >= 4 is 39.8 Å². The Morgan fingerprint density at radius 3 is 2.82 bits per heavy atom. The lowest BCUT2D eigenvalue weighted by atomic mass is 9.85. The predicted molar refractivity (Wildman–Crippen MR) is 80.6 cm³/mol. The van der Waals surface area contributed by atoms with Crippen LogP contribution in [0.15, 0.2) is 11.4 Å². The molecule has 0 radical (unpaired) electrons. The van der Waals surface area contributed by atoms with Gasteiger partial charge in [0, 0.05) is 18.5 Å². The summed E-state index contributed by atoms with van der Waals surface area (Å²) in [6, 6.07) is 1.99. The average molecular weight is 363 g/mol. The molecular weight excluding hydrogens is 345 g/mol. The molecule has 1 saturated heterocycles. The Balaban J connectivity index is 2.05. The van der Waals surface area contributed by atoms with Crippen molar-refractivity contribution < 1.29 is 4.79 Å². The lowest BCUT2D eigenvalue weighted by Crippen LogP contribution is -2.32. The van der Waals surface area contributed by atoms with E-state index in [-0.39, 0.29) is 5.91 Å². The van der Waals surface area contributed by atoms with E-state index in [9.17, 15) is 4.79 Å². The first-order chi connectivity index (χ1) is 7.98. The van der Waals surface area contributed by atoms with E-state index in [1.807, 2.05) is 16.3 Å². The minimum atomic E-state index is 0.210. The van der Waals surface area contributed by atoms with E-state index in [1.54, 1.807) is 11.3 Å². The van der Waals surface area contributed by atoms with Gasteiger partial charge in [0.2, 0.25) is 0 Å². The molecule has 0 aliphatic carbocycles. The molecule has 4 heteroatoms. The van der Waals surface area contributed by atoms with Gasteiger partial charge in [-0.2, -0.15) is 0 Å². The molecule has 0 spiro atoms. The highest BCUT2D eigenvalue weighted by Gasteiger charge is 2.26. The molecule has 2 nitrogen and oxygen atoms in total. The number of nitrogens with zero attached hydrogens (tertiary/aromatic N) is 1. The number of halogens is 1. The standard InChI is InChI=1S/C13H18INOS/c1-13(2)4-3-6-15(7-5-13)12(16)10-8-11(14)17-9-10/h8-9H,3-7H2,1-2H3. The molecule has 0 aromatic carbocycles. The molecule has 2 heterocycles. The molecule has 1 aliphatic heterocycles. The molecule has 94 valence electrons. The van der Waals surface area contributed by atoms with E-state index in [1.165, 1.54) is 9.30 Å². The molecule has 17 heavy (non-hydrogen) atoms. The molecular formula is C13H18INOS. The normalized spacial score (nSPS) is 20.1. The molecule has 0 saturated carbocycles. The quantitative estimate of drug-likeness (QED) is 0.691. The zero-order valence-corrected chi connectivity index (χ0v) is 13.3. The molecule has 0 bridgehead atoms. The lowest BCUT2D eigenvalue weighted by Gasteiger charge is -2.23. The number of likely N-dealkylation sites (tertiary alicyclic amines) is 1. The maximum atomic E-state index is 12.3. The Kier molecular flexibility index (Phi) is 4.13. The van der Waals surface area contributed by atoms with Crippen molar-refractivity contribution in [3.05, 3.63) is 19.9 Å². The summed E-state index contributed by atoms with van der Waals surface area (Å²) in [7, 11) is 0. The van der Waals surface area contributed by atoms with E-state index in [4.69, 9.17) is 0 Å². The van der Waals surface area contributed by atoms with Crippen LogP contribution in [0.5, 0.6) is 0 Å². The highest BCUT2D eigenvalue weighted by molar-refractivity contribution is 14.1. The van der Waals surface area contributed by atoms with Crippen molar-refractivity contribution in [2.45, 2.75) is 33.1 Å². The summed E-state index contributed by atoms with van der Waals surface area (Å²) in [6.07, 6.45) is 3.46. The van der Waals surface area contributed by atoms with Gasteiger partial charge in [-0.15, -0.1) is 11.3 Å². The van der Waals surface area contributed by atoms with Crippen molar-refractivity contribution in [3.8, 4) is 0 Å². The van der Waals surface area contributed by atoms with E-state index in [0.717, 1.165) is 31.5 Å². The second-order valence-corrected chi connectivity index (χ2v) is 8.25. The first-order valence-electron chi connectivity index (χ1n) is 6.01. The molecule has 1 aromatic heterocycles. The smallest absolute Gasteiger partial charge is 0.254 e. The Morgan fingerprint density at radius 1 is 1.41 bits per heavy atom. The predicted octanol–water partition coefficient (Wildman–Crippen LogP) is 4.01. The maximum Gasteiger partial charge on any atom is 0.254 e. The second-order valence-electron chi connectivity index (χ2n) is 5.45. The van der Waals surface area contributed by atoms with Crippen LogP contribution in [0.25, 0.3) is 0 Å². The third kappa shape index (κ3) is 3.44. The van der Waals surface area contributed by atoms with Gasteiger partial charge in [-0.3, -0.25) is 4.79 Å². The molecule has 2 rings (SSSR count). The fourth-order valence-corrected chi connectivity index (χ4v) is 3.55. The first-order valence-corrected chi connectivity index (χ1v) is 7.97. The Bertz CT molecular complexity index is 413. The van der Waals surface area contributed by atoms with E-state index in [2.05, 4.69) is 36.4 Å². The number of hydrogen-bond donors (Lipinski definition) is 0. The zero-order valence-electron chi connectivity index (χ0n) is 10.3. The molecule has 1 amide bonds. The van der Waals surface area contributed by atoms with Crippen LogP contribution in [-0.2, 0) is 0 Å². The Hall–Kier alpha value is -0.100. The van der Waals surface area contributed by atoms with Gasteiger partial charge >= 0.3 is 0 Å². The molecule has 1 fully saturated rings. The monoisotopic (exact) mass is 363 g/mol. The van der Waals surface area contributed by atoms with Crippen LogP contribution in [0.1, 0.15) is 43.5 Å². The molecule has 1 aromatic rings. The third-order valence-electron chi connectivity index (χ3n) is 3.44. The highest BCUT2D eigenvalue weighted by atomic mass is 127. The largest absolute Gasteiger partial charge is 0.339 e. The summed E-state index contributed by atoms with van der Waals surface area (Å²) in [5.74, 6) is 0.210. The van der Waals surface area contributed by atoms with Gasteiger partial charge in [0.25, 0.3) is 5.91 Å². The van der Waals surface area contributed by atoms with E-state index >= 15 is 0 Å². The number of thiophene rings is 1. The van der Waals surface area contributed by atoms with Gasteiger partial charge in [0.1, 0.15) is 0 Å². The van der Waals surface area contributed by atoms with Crippen LogP contribution in [0.3, 0.4) is 0 Å². The maximum absolute atomic E-state index is 12.3. The average Bonchev–Trinajstić information content (AvgIpc) is 2.60. The minimum Gasteiger partial charge on any atom is -0.339 e. The highest BCUT2D eigenvalue weighted by Crippen LogP contribution is 2.30. The van der Waals surface area contributed by atoms with Crippen LogP contribution >= 0.6 is 33.9 Å². The molecule has 0 atom stereocenters. The van der Waals surface area contributed by atoms with Gasteiger partial charge in [-0.05, 0) is 53.3 Å². The number of carbonyl (C=O) groups is 1. The van der Waals surface area contributed by atoms with E-state index < -0.39 is 0 Å².